The lowest BCUT2D eigenvalue weighted by molar-refractivity contribution is -0.764. The van der Waals surface area contributed by atoms with E-state index in [1.165, 1.54) is 59.7 Å². The molecule has 0 fully saturated rings. The molecule has 3 unspecified atom stereocenters. The second-order valence-electron chi connectivity index (χ2n) is 12.9. The average Bonchev–Trinajstić information content (AvgIpc) is 2.87. The SMILES string of the molecule is CCCCC1(C)CCC(C)(C)c2cc3c4[n+](ccc3cc21)C(C)(CC)C(C)(CC)c1ccccc1-4. The summed E-state index contributed by atoms with van der Waals surface area (Å²) in [5, 5.41) is 2.84. The average molecular weight is 469 g/mol. The topological polar surface area (TPSA) is 3.88 Å². The van der Waals surface area contributed by atoms with Crippen molar-refractivity contribution in [3.05, 3.63) is 65.4 Å². The Bertz CT molecular complexity index is 1280. The van der Waals surface area contributed by atoms with Crippen molar-refractivity contribution in [2.75, 3.05) is 0 Å². The van der Waals surface area contributed by atoms with E-state index in [1.54, 1.807) is 11.1 Å². The van der Waals surface area contributed by atoms with Gasteiger partial charge in [-0.2, -0.15) is 4.57 Å². The molecule has 5 rings (SSSR count). The molecule has 0 saturated heterocycles. The van der Waals surface area contributed by atoms with Gasteiger partial charge in [0.1, 0.15) is 0 Å². The van der Waals surface area contributed by atoms with Crippen LogP contribution < -0.4 is 4.57 Å². The fourth-order valence-corrected chi connectivity index (χ4v) is 7.61. The molecule has 1 aliphatic heterocycles. The van der Waals surface area contributed by atoms with Gasteiger partial charge >= 0.3 is 0 Å². The number of benzene rings is 2. The Morgan fingerprint density at radius 2 is 1.54 bits per heavy atom. The maximum absolute atomic E-state index is 2.65. The minimum atomic E-state index is 0.0285. The highest BCUT2D eigenvalue weighted by atomic mass is 15.1. The summed E-state index contributed by atoms with van der Waals surface area (Å²) in [5.74, 6) is 0. The maximum Gasteiger partial charge on any atom is 0.221 e. The van der Waals surface area contributed by atoms with E-state index >= 15 is 0 Å². The van der Waals surface area contributed by atoms with Gasteiger partial charge in [-0.3, -0.25) is 0 Å². The first-order valence-electron chi connectivity index (χ1n) is 14.2. The van der Waals surface area contributed by atoms with Crippen molar-refractivity contribution in [2.24, 2.45) is 0 Å². The molecule has 1 heteroatoms. The van der Waals surface area contributed by atoms with Gasteiger partial charge in [0.05, 0.1) is 16.4 Å². The second kappa shape index (κ2) is 8.19. The molecule has 3 aromatic rings. The third kappa shape index (κ3) is 3.29. The molecule has 186 valence electrons. The zero-order chi connectivity index (χ0) is 25.2. The van der Waals surface area contributed by atoms with Crippen LogP contribution in [0.4, 0.5) is 0 Å². The fraction of sp³-hybridized carbons (Fsp3) is 0.559. The number of hydrogen-bond donors (Lipinski definition) is 0. The normalized spacial score (nSPS) is 28.9. The van der Waals surface area contributed by atoms with Gasteiger partial charge in [0.15, 0.2) is 11.7 Å². The molecule has 1 nitrogen and oxygen atoms in total. The number of unbranched alkanes of at least 4 members (excludes halogenated alkanes) is 1. The van der Waals surface area contributed by atoms with Crippen LogP contribution in [0, 0.1) is 0 Å². The first-order chi connectivity index (χ1) is 16.6. The van der Waals surface area contributed by atoms with Gasteiger partial charge in [-0.25, -0.2) is 0 Å². The van der Waals surface area contributed by atoms with Crippen LogP contribution in [0.5, 0.6) is 0 Å². The lowest BCUT2D eigenvalue weighted by Crippen LogP contribution is -2.67. The largest absolute Gasteiger partial charge is 0.221 e. The van der Waals surface area contributed by atoms with Gasteiger partial charge in [-0.1, -0.05) is 72.6 Å². The quantitative estimate of drug-likeness (QED) is 0.329. The summed E-state index contributed by atoms with van der Waals surface area (Å²) in [6.45, 7) is 19.5. The lowest BCUT2D eigenvalue weighted by Gasteiger charge is -2.46. The first-order valence-corrected chi connectivity index (χ1v) is 14.2. The molecular weight excluding hydrogens is 422 g/mol. The number of pyridine rings is 1. The predicted octanol–water partition coefficient (Wildman–Crippen LogP) is 9.12. The molecule has 2 aliphatic rings. The van der Waals surface area contributed by atoms with Gasteiger partial charge in [0, 0.05) is 19.4 Å². The molecule has 2 aromatic carbocycles. The van der Waals surface area contributed by atoms with E-state index in [9.17, 15) is 0 Å². The molecule has 0 saturated carbocycles. The predicted molar refractivity (Wildman–Crippen MR) is 150 cm³/mol. The molecule has 0 N–H and O–H groups in total. The van der Waals surface area contributed by atoms with Gasteiger partial charge in [0.25, 0.3) is 0 Å². The Morgan fingerprint density at radius 1 is 0.800 bits per heavy atom. The Hall–Kier alpha value is -2.15. The van der Waals surface area contributed by atoms with E-state index in [2.05, 4.69) is 109 Å². The zero-order valence-electron chi connectivity index (χ0n) is 23.5. The van der Waals surface area contributed by atoms with Crippen LogP contribution >= 0.6 is 0 Å². The van der Waals surface area contributed by atoms with E-state index in [-0.39, 0.29) is 21.8 Å². The smallest absolute Gasteiger partial charge is 0.192 e. The number of fused-ring (bicyclic) bond motifs is 6. The lowest BCUT2D eigenvalue weighted by atomic mass is 9.59. The number of rotatable bonds is 5. The maximum atomic E-state index is 2.65. The van der Waals surface area contributed by atoms with Gasteiger partial charge in [-0.15, -0.1) is 0 Å². The molecular formula is C34H46N+. The van der Waals surface area contributed by atoms with Crippen LogP contribution in [0.3, 0.4) is 0 Å². The Morgan fingerprint density at radius 3 is 2.23 bits per heavy atom. The Balaban J connectivity index is 1.86. The summed E-state index contributed by atoms with van der Waals surface area (Å²) in [4.78, 5) is 0. The highest BCUT2D eigenvalue weighted by molar-refractivity contribution is 5.95. The van der Waals surface area contributed by atoms with E-state index < -0.39 is 0 Å². The van der Waals surface area contributed by atoms with Gasteiger partial charge in [-0.05, 0) is 83.7 Å². The number of hydrogen-bond acceptors (Lipinski definition) is 0. The van der Waals surface area contributed by atoms with E-state index in [4.69, 9.17) is 0 Å². The molecule has 0 radical (unpaired) electrons. The highest BCUT2D eigenvalue weighted by Crippen LogP contribution is 2.53. The van der Waals surface area contributed by atoms with Crippen molar-refractivity contribution < 1.29 is 4.57 Å². The molecule has 2 heterocycles. The van der Waals surface area contributed by atoms with Crippen molar-refractivity contribution in [1.82, 2.24) is 0 Å². The third-order valence-electron chi connectivity index (χ3n) is 10.7. The molecule has 1 aliphatic carbocycles. The summed E-state index contributed by atoms with van der Waals surface area (Å²) >= 11 is 0. The van der Waals surface area contributed by atoms with Crippen LogP contribution in [-0.2, 0) is 21.8 Å². The molecule has 35 heavy (non-hydrogen) atoms. The van der Waals surface area contributed by atoms with Gasteiger partial charge < -0.3 is 0 Å². The summed E-state index contributed by atoms with van der Waals surface area (Å²) < 4.78 is 2.65. The Labute approximate surface area is 214 Å². The summed E-state index contributed by atoms with van der Waals surface area (Å²) in [5.41, 5.74) is 8.19. The minimum absolute atomic E-state index is 0.0285. The first kappa shape index (κ1) is 24.5. The zero-order valence-corrected chi connectivity index (χ0v) is 23.5. The second-order valence-corrected chi connectivity index (χ2v) is 12.9. The van der Waals surface area contributed by atoms with Crippen LogP contribution in [0.2, 0.25) is 0 Å². The molecule has 0 spiro atoms. The van der Waals surface area contributed by atoms with Crippen molar-refractivity contribution >= 4 is 10.8 Å². The fourth-order valence-electron chi connectivity index (χ4n) is 7.61. The minimum Gasteiger partial charge on any atom is -0.192 e. The highest BCUT2D eigenvalue weighted by Gasteiger charge is 2.56. The van der Waals surface area contributed by atoms with Crippen molar-refractivity contribution in [3.63, 3.8) is 0 Å². The van der Waals surface area contributed by atoms with Crippen molar-refractivity contribution in [3.8, 4) is 11.3 Å². The monoisotopic (exact) mass is 468 g/mol. The summed E-state index contributed by atoms with van der Waals surface area (Å²) in [6, 6.07) is 16.9. The van der Waals surface area contributed by atoms with Crippen LogP contribution in [-0.4, -0.2) is 0 Å². The molecule has 1 aromatic heterocycles. The van der Waals surface area contributed by atoms with E-state index in [1.807, 2.05) is 0 Å². The van der Waals surface area contributed by atoms with E-state index in [0.29, 0.717) is 0 Å². The Kier molecular flexibility index (Phi) is 5.74. The van der Waals surface area contributed by atoms with Crippen molar-refractivity contribution in [1.29, 1.82) is 0 Å². The van der Waals surface area contributed by atoms with Gasteiger partial charge in [0.2, 0.25) is 5.69 Å². The summed E-state index contributed by atoms with van der Waals surface area (Å²) in [6.07, 6.45) is 11.1. The van der Waals surface area contributed by atoms with Crippen molar-refractivity contribution in [2.45, 2.75) is 122 Å². The van der Waals surface area contributed by atoms with Crippen LogP contribution in [0.25, 0.3) is 22.0 Å². The number of aromatic nitrogens is 1. The molecule has 0 bridgehead atoms. The van der Waals surface area contributed by atoms with E-state index in [0.717, 1.165) is 12.8 Å². The molecule has 3 atom stereocenters. The van der Waals surface area contributed by atoms with Crippen LogP contribution in [0.15, 0.2) is 48.7 Å². The number of nitrogens with zero attached hydrogens (tertiary/aromatic N) is 1. The molecule has 0 amide bonds. The van der Waals surface area contributed by atoms with Crippen LogP contribution in [0.1, 0.15) is 117 Å². The summed E-state index contributed by atoms with van der Waals surface area (Å²) in [7, 11) is 0. The standard InChI is InChI=1S/C34H46N/c1-9-12-18-32(6)20-19-31(4,5)28-23-26-24(22-29(28)32)17-21-35-30(26)25-15-13-14-16-27(25)33(7,10-2)34(35,8)11-3/h13-17,21-23H,9-12,18-20H2,1-8H3/q+1. The third-order valence-corrected chi connectivity index (χ3v) is 10.7.